The molecular formula is C9H7BrINO4. The van der Waals surface area contributed by atoms with E-state index in [-0.39, 0.29) is 0 Å². The third kappa shape index (κ3) is 3.63. The minimum absolute atomic E-state index is 0.379. The third-order valence-corrected chi connectivity index (χ3v) is 2.83. The minimum Gasteiger partial charge on any atom is -0.480 e. The lowest BCUT2D eigenvalue weighted by Crippen LogP contribution is -2.11. The first-order valence-corrected chi connectivity index (χ1v) is 5.93. The highest BCUT2D eigenvalue weighted by atomic mass is 127. The van der Waals surface area contributed by atoms with Crippen molar-refractivity contribution < 1.29 is 19.8 Å². The SMILES string of the molecule is O=C(O)COc1c(I)cc(Br)cc1/C=N/O. The summed E-state index contributed by atoms with van der Waals surface area (Å²) in [6, 6.07) is 3.44. The molecule has 0 heterocycles. The standard InChI is InChI=1S/C9H7BrINO4/c10-6-1-5(3-12-15)9(7(11)2-6)16-4-8(13)14/h1-3,15H,4H2,(H,13,14)/b12-3+. The number of halogens is 2. The van der Waals surface area contributed by atoms with E-state index in [1.165, 1.54) is 6.21 Å². The minimum atomic E-state index is -1.06. The van der Waals surface area contributed by atoms with Crippen molar-refractivity contribution in [3.05, 3.63) is 25.7 Å². The van der Waals surface area contributed by atoms with Crippen LogP contribution in [0, 0.1) is 3.57 Å². The molecule has 86 valence electrons. The lowest BCUT2D eigenvalue weighted by atomic mass is 10.2. The predicted molar refractivity (Wildman–Crippen MR) is 69.4 cm³/mol. The van der Waals surface area contributed by atoms with Crippen LogP contribution >= 0.6 is 38.5 Å². The molecule has 0 atom stereocenters. The van der Waals surface area contributed by atoms with Crippen LogP contribution in [0.3, 0.4) is 0 Å². The molecule has 16 heavy (non-hydrogen) atoms. The van der Waals surface area contributed by atoms with E-state index >= 15 is 0 Å². The van der Waals surface area contributed by atoms with Crippen molar-refractivity contribution in [2.75, 3.05) is 6.61 Å². The van der Waals surface area contributed by atoms with Gasteiger partial charge in [-0.15, -0.1) is 0 Å². The molecule has 5 nitrogen and oxygen atoms in total. The number of ether oxygens (including phenoxy) is 1. The van der Waals surface area contributed by atoms with Gasteiger partial charge in [-0.3, -0.25) is 0 Å². The van der Waals surface area contributed by atoms with Gasteiger partial charge in [-0.1, -0.05) is 21.1 Å². The Hall–Kier alpha value is -0.830. The summed E-state index contributed by atoms with van der Waals surface area (Å²) in [5.41, 5.74) is 0.502. The quantitative estimate of drug-likeness (QED) is 0.352. The van der Waals surface area contributed by atoms with E-state index in [0.29, 0.717) is 11.3 Å². The van der Waals surface area contributed by atoms with Crippen LogP contribution in [-0.2, 0) is 4.79 Å². The summed E-state index contributed by atoms with van der Waals surface area (Å²) in [4.78, 5) is 10.4. The Morgan fingerprint density at radius 2 is 2.31 bits per heavy atom. The zero-order chi connectivity index (χ0) is 12.1. The maximum absolute atomic E-state index is 10.4. The number of nitrogens with zero attached hydrogens (tertiary/aromatic N) is 1. The smallest absolute Gasteiger partial charge is 0.341 e. The van der Waals surface area contributed by atoms with Gasteiger partial charge in [0, 0.05) is 10.0 Å². The van der Waals surface area contributed by atoms with Crippen LogP contribution < -0.4 is 4.74 Å². The molecule has 0 saturated heterocycles. The second-order valence-electron chi connectivity index (χ2n) is 2.73. The van der Waals surface area contributed by atoms with Crippen LogP contribution in [0.4, 0.5) is 0 Å². The molecule has 0 aliphatic rings. The second-order valence-corrected chi connectivity index (χ2v) is 4.81. The first-order valence-electron chi connectivity index (χ1n) is 4.05. The molecule has 0 fully saturated rings. The maximum atomic E-state index is 10.4. The number of benzene rings is 1. The molecule has 0 saturated carbocycles. The molecule has 7 heteroatoms. The first-order chi connectivity index (χ1) is 7.54. The van der Waals surface area contributed by atoms with Crippen molar-refractivity contribution in [3.63, 3.8) is 0 Å². The van der Waals surface area contributed by atoms with Gasteiger partial charge >= 0.3 is 5.97 Å². The number of hydrogen-bond acceptors (Lipinski definition) is 4. The number of hydrogen-bond donors (Lipinski definition) is 2. The Morgan fingerprint density at radius 3 is 2.88 bits per heavy atom. The average molecular weight is 400 g/mol. The van der Waals surface area contributed by atoms with E-state index in [1.807, 2.05) is 22.6 Å². The van der Waals surface area contributed by atoms with Gasteiger partial charge in [0.25, 0.3) is 0 Å². The molecule has 0 radical (unpaired) electrons. The highest BCUT2D eigenvalue weighted by Crippen LogP contribution is 2.28. The van der Waals surface area contributed by atoms with Crippen LogP contribution in [0.25, 0.3) is 0 Å². The molecule has 1 rings (SSSR count). The molecule has 0 amide bonds. The molecule has 0 aromatic heterocycles. The van der Waals surface area contributed by atoms with E-state index in [9.17, 15) is 4.79 Å². The summed E-state index contributed by atoms with van der Waals surface area (Å²) in [6.45, 7) is -0.441. The van der Waals surface area contributed by atoms with Crippen molar-refractivity contribution in [1.29, 1.82) is 0 Å². The summed E-state index contributed by atoms with van der Waals surface area (Å²) >= 11 is 5.28. The van der Waals surface area contributed by atoms with Gasteiger partial charge in [0.1, 0.15) is 5.75 Å². The Balaban J connectivity index is 3.08. The summed E-state index contributed by atoms with van der Waals surface area (Å²) in [6.07, 6.45) is 1.18. The zero-order valence-corrected chi connectivity index (χ0v) is 11.6. The molecule has 0 unspecified atom stereocenters. The number of oxime groups is 1. The molecule has 0 bridgehead atoms. The van der Waals surface area contributed by atoms with E-state index in [4.69, 9.17) is 15.1 Å². The maximum Gasteiger partial charge on any atom is 0.341 e. The Labute approximate surface area is 113 Å². The Bertz CT molecular complexity index is 436. The van der Waals surface area contributed by atoms with Gasteiger partial charge in [0.05, 0.1) is 9.78 Å². The topological polar surface area (TPSA) is 79.1 Å². The van der Waals surface area contributed by atoms with Crippen molar-refractivity contribution in [3.8, 4) is 5.75 Å². The first kappa shape index (κ1) is 13.2. The van der Waals surface area contributed by atoms with Gasteiger partial charge in [0.2, 0.25) is 0 Å². The van der Waals surface area contributed by atoms with Gasteiger partial charge in [-0.2, -0.15) is 0 Å². The Kier molecular flexibility index (Phi) is 5.00. The van der Waals surface area contributed by atoms with Crippen molar-refractivity contribution >= 4 is 50.7 Å². The average Bonchev–Trinajstić information content (AvgIpc) is 2.16. The van der Waals surface area contributed by atoms with Gasteiger partial charge in [-0.25, -0.2) is 4.79 Å². The van der Waals surface area contributed by atoms with E-state index in [0.717, 1.165) is 8.04 Å². The number of rotatable bonds is 4. The summed E-state index contributed by atoms with van der Waals surface area (Å²) in [5, 5.41) is 19.9. The fraction of sp³-hybridized carbons (Fsp3) is 0.111. The Morgan fingerprint density at radius 1 is 1.62 bits per heavy atom. The summed E-state index contributed by atoms with van der Waals surface area (Å²) < 4.78 is 6.62. The number of carbonyl (C=O) groups is 1. The largest absolute Gasteiger partial charge is 0.480 e. The predicted octanol–water partition coefficient (Wildman–Crippen LogP) is 2.33. The number of carboxylic acid groups (broad SMARTS) is 1. The molecule has 0 aliphatic heterocycles. The van der Waals surface area contributed by atoms with Crippen molar-refractivity contribution in [2.24, 2.45) is 5.16 Å². The molecule has 2 N–H and O–H groups in total. The van der Waals surface area contributed by atoms with Crippen molar-refractivity contribution in [1.82, 2.24) is 0 Å². The lowest BCUT2D eigenvalue weighted by molar-refractivity contribution is -0.139. The molecule has 0 aliphatic carbocycles. The normalized spacial score (nSPS) is 10.6. The highest BCUT2D eigenvalue weighted by Gasteiger charge is 2.10. The fourth-order valence-corrected chi connectivity index (χ4v) is 2.73. The van der Waals surface area contributed by atoms with Crippen molar-refractivity contribution in [2.45, 2.75) is 0 Å². The molecular weight excluding hydrogens is 393 g/mol. The van der Waals surface area contributed by atoms with Gasteiger partial charge in [0.15, 0.2) is 6.61 Å². The van der Waals surface area contributed by atoms with E-state index in [2.05, 4.69) is 21.1 Å². The van der Waals surface area contributed by atoms with Gasteiger partial charge in [-0.05, 0) is 34.7 Å². The lowest BCUT2D eigenvalue weighted by Gasteiger charge is -2.09. The summed E-state index contributed by atoms with van der Waals surface area (Å²) in [5.74, 6) is -0.686. The van der Waals surface area contributed by atoms with Crippen LogP contribution in [0.2, 0.25) is 0 Å². The van der Waals surface area contributed by atoms with Crippen LogP contribution in [0.5, 0.6) is 5.75 Å². The third-order valence-electron chi connectivity index (χ3n) is 1.57. The van der Waals surface area contributed by atoms with Crippen LogP contribution in [0.15, 0.2) is 21.8 Å². The zero-order valence-electron chi connectivity index (χ0n) is 7.85. The van der Waals surface area contributed by atoms with Crippen LogP contribution in [0.1, 0.15) is 5.56 Å². The summed E-state index contributed by atoms with van der Waals surface area (Å²) in [7, 11) is 0. The molecule has 1 aromatic carbocycles. The number of aliphatic carboxylic acids is 1. The number of carboxylic acids is 1. The molecule has 1 aromatic rings. The van der Waals surface area contributed by atoms with E-state index < -0.39 is 12.6 Å². The highest BCUT2D eigenvalue weighted by molar-refractivity contribution is 14.1. The van der Waals surface area contributed by atoms with Gasteiger partial charge < -0.3 is 15.1 Å². The monoisotopic (exact) mass is 399 g/mol. The van der Waals surface area contributed by atoms with Crippen LogP contribution in [-0.4, -0.2) is 29.1 Å². The van der Waals surface area contributed by atoms with E-state index in [1.54, 1.807) is 12.1 Å². The fourth-order valence-electron chi connectivity index (χ4n) is 1.02. The molecule has 0 spiro atoms. The second kappa shape index (κ2) is 6.04.